The van der Waals surface area contributed by atoms with E-state index in [1.807, 2.05) is 24.3 Å². The topological polar surface area (TPSA) is 46.2 Å². The Kier molecular flexibility index (Phi) is 4.60. The molecule has 0 aliphatic rings. The van der Waals surface area contributed by atoms with Gasteiger partial charge < -0.3 is 0 Å². The molecule has 3 nitrogen and oxygen atoms in total. The molecule has 0 saturated heterocycles. The highest BCUT2D eigenvalue weighted by atomic mass is 35.5. The molecule has 3 aromatic rings. The Bertz CT molecular complexity index is 966. The van der Waals surface area contributed by atoms with Crippen LogP contribution in [-0.4, -0.2) is 8.42 Å². The predicted molar refractivity (Wildman–Crippen MR) is 94.4 cm³/mol. The summed E-state index contributed by atoms with van der Waals surface area (Å²) < 4.78 is 27.8. The van der Waals surface area contributed by atoms with Crippen LogP contribution in [0.3, 0.4) is 0 Å². The van der Waals surface area contributed by atoms with E-state index in [0.717, 1.165) is 5.39 Å². The van der Waals surface area contributed by atoms with Crippen LogP contribution < -0.4 is 4.72 Å². The molecular weight excluding hydrogens is 353 g/mol. The second kappa shape index (κ2) is 6.49. The number of hydrogen-bond acceptors (Lipinski definition) is 2. The Morgan fingerprint density at radius 2 is 1.57 bits per heavy atom. The third-order valence-corrected chi connectivity index (χ3v) is 5.84. The van der Waals surface area contributed by atoms with Gasteiger partial charge in [0.2, 0.25) is 10.0 Å². The largest absolute Gasteiger partial charge is 0.241 e. The number of nitrogens with one attached hydrogen (secondary N) is 1. The number of benzene rings is 3. The smallest absolute Gasteiger partial charge is 0.207 e. The molecule has 118 valence electrons. The van der Waals surface area contributed by atoms with Gasteiger partial charge in [-0.15, -0.1) is 0 Å². The lowest BCUT2D eigenvalue weighted by atomic mass is 10.1. The molecular formula is C17H13Cl2NO2S. The van der Waals surface area contributed by atoms with Gasteiger partial charge in [-0.25, -0.2) is 13.1 Å². The first-order chi connectivity index (χ1) is 11.0. The van der Waals surface area contributed by atoms with Gasteiger partial charge in [-0.05, 0) is 23.1 Å². The van der Waals surface area contributed by atoms with Crippen molar-refractivity contribution in [2.45, 2.75) is 11.4 Å². The van der Waals surface area contributed by atoms with Gasteiger partial charge in [0.15, 0.2) is 0 Å². The van der Waals surface area contributed by atoms with Gasteiger partial charge in [-0.3, -0.25) is 0 Å². The average Bonchev–Trinajstić information content (AvgIpc) is 2.55. The van der Waals surface area contributed by atoms with Gasteiger partial charge >= 0.3 is 0 Å². The Morgan fingerprint density at radius 1 is 0.870 bits per heavy atom. The fourth-order valence-corrected chi connectivity index (χ4v) is 3.99. The molecule has 0 unspecified atom stereocenters. The molecule has 0 bridgehead atoms. The maximum atomic E-state index is 12.6. The van der Waals surface area contributed by atoms with Crippen LogP contribution in [0, 0.1) is 0 Å². The van der Waals surface area contributed by atoms with Gasteiger partial charge in [0.1, 0.15) is 0 Å². The normalized spacial score (nSPS) is 11.7. The van der Waals surface area contributed by atoms with Gasteiger partial charge in [-0.1, -0.05) is 71.7 Å². The van der Waals surface area contributed by atoms with Crippen LogP contribution in [0.2, 0.25) is 10.0 Å². The Hall–Kier alpha value is -1.59. The van der Waals surface area contributed by atoms with Crippen LogP contribution in [-0.2, 0) is 16.6 Å². The third-order valence-electron chi connectivity index (χ3n) is 3.52. The molecule has 0 amide bonds. The van der Waals surface area contributed by atoms with Crippen LogP contribution in [0.25, 0.3) is 10.8 Å². The zero-order chi connectivity index (χ0) is 16.4. The Labute approximate surface area is 144 Å². The van der Waals surface area contributed by atoms with Crippen LogP contribution in [0.15, 0.2) is 65.6 Å². The molecule has 0 aliphatic heterocycles. The molecule has 3 aromatic carbocycles. The van der Waals surface area contributed by atoms with Crippen LogP contribution in [0.4, 0.5) is 0 Å². The van der Waals surface area contributed by atoms with Crippen molar-refractivity contribution in [3.8, 4) is 0 Å². The first-order valence-electron chi connectivity index (χ1n) is 6.89. The summed E-state index contributed by atoms with van der Waals surface area (Å²) in [5.41, 5.74) is 0.628. The fourth-order valence-electron chi connectivity index (χ4n) is 2.37. The Morgan fingerprint density at radius 3 is 2.39 bits per heavy atom. The SMILES string of the molecule is O=S(=O)(NCc1cccc(Cl)c1Cl)c1cccc2ccccc12. The van der Waals surface area contributed by atoms with E-state index in [-0.39, 0.29) is 11.4 Å². The number of sulfonamides is 1. The van der Waals surface area contributed by atoms with Crippen molar-refractivity contribution >= 4 is 44.0 Å². The van der Waals surface area contributed by atoms with Crippen molar-refractivity contribution in [1.82, 2.24) is 4.72 Å². The minimum Gasteiger partial charge on any atom is -0.207 e. The molecule has 3 rings (SSSR count). The van der Waals surface area contributed by atoms with Crippen LogP contribution in [0.1, 0.15) is 5.56 Å². The highest BCUT2D eigenvalue weighted by molar-refractivity contribution is 7.89. The van der Waals surface area contributed by atoms with E-state index in [1.54, 1.807) is 36.4 Å². The fraction of sp³-hybridized carbons (Fsp3) is 0.0588. The number of hydrogen-bond donors (Lipinski definition) is 1. The van der Waals surface area contributed by atoms with E-state index in [1.165, 1.54) is 0 Å². The predicted octanol–water partition coefficient (Wildman–Crippen LogP) is 4.63. The van der Waals surface area contributed by atoms with E-state index in [2.05, 4.69) is 4.72 Å². The molecule has 0 saturated carbocycles. The van der Waals surface area contributed by atoms with Crippen molar-refractivity contribution < 1.29 is 8.42 Å². The standard InChI is InChI=1S/C17H13Cl2NO2S/c18-15-9-3-7-13(17(15)19)11-20-23(21,22)16-10-4-6-12-5-1-2-8-14(12)16/h1-10,20H,11H2. The maximum Gasteiger partial charge on any atom is 0.241 e. The van der Waals surface area contributed by atoms with E-state index < -0.39 is 10.0 Å². The highest BCUT2D eigenvalue weighted by Gasteiger charge is 2.17. The van der Waals surface area contributed by atoms with E-state index in [0.29, 0.717) is 21.0 Å². The summed E-state index contributed by atoms with van der Waals surface area (Å²) >= 11 is 12.0. The zero-order valence-corrected chi connectivity index (χ0v) is 14.3. The summed E-state index contributed by atoms with van der Waals surface area (Å²) in [6.45, 7) is 0.0744. The van der Waals surface area contributed by atoms with E-state index >= 15 is 0 Å². The lowest BCUT2D eigenvalue weighted by Gasteiger charge is -2.11. The Balaban J connectivity index is 1.94. The lowest BCUT2D eigenvalue weighted by Crippen LogP contribution is -2.23. The molecule has 0 atom stereocenters. The van der Waals surface area contributed by atoms with Gasteiger partial charge in [-0.2, -0.15) is 0 Å². The maximum absolute atomic E-state index is 12.6. The first kappa shape index (κ1) is 16.3. The number of fused-ring (bicyclic) bond motifs is 1. The van der Waals surface area contributed by atoms with Crippen molar-refractivity contribution in [1.29, 1.82) is 0 Å². The van der Waals surface area contributed by atoms with Crippen molar-refractivity contribution in [3.63, 3.8) is 0 Å². The second-order valence-electron chi connectivity index (χ2n) is 5.01. The summed E-state index contributed by atoms with van der Waals surface area (Å²) in [4.78, 5) is 0.244. The van der Waals surface area contributed by atoms with Gasteiger partial charge in [0, 0.05) is 11.9 Å². The van der Waals surface area contributed by atoms with Gasteiger partial charge in [0.05, 0.1) is 14.9 Å². The van der Waals surface area contributed by atoms with Crippen molar-refractivity contribution in [2.24, 2.45) is 0 Å². The molecule has 6 heteroatoms. The molecule has 0 aromatic heterocycles. The van der Waals surface area contributed by atoms with Crippen LogP contribution in [0.5, 0.6) is 0 Å². The van der Waals surface area contributed by atoms with Crippen LogP contribution >= 0.6 is 23.2 Å². The zero-order valence-electron chi connectivity index (χ0n) is 12.0. The highest BCUT2D eigenvalue weighted by Crippen LogP contribution is 2.26. The van der Waals surface area contributed by atoms with E-state index in [9.17, 15) is 8.42 Å². The summed E-state index contributed by atoms with van der Waals surface area (Å²) in [5, 5.41) is 2.30. The first-order valence-corrected chi connectivity index (χ1v) is 9.13. The average molecular weight is 366 g/mol. The van der Waals surface area contributed by atoms with Crippen molar-refractivity contribution in [2.75, 3.05) is 0 Å². The molecule has 0 spiro atoms. The van der Waals surface area contributed by atoms with Gasteiger partial charge in [0.25, 0.3) is 0 Å². The molecule has 23 heavy (non-hydrogen) atoms. The second-order valence-corrected chi connectivity index (χ2v) is 7.54. The number of rotatable bonds is 4. The molecule has 0 heterocycles. The molecule has 0 fully saturated rings. The minimum atomic E-state index is -3.67. The quantitative estimate of drug-likeness (QED) is 0.732. The minimum absolute atomic E-state index is 0.0744. The number of halogens is 2. The molecule has 0 radical (unpaired) electrons. The summed E-state index contributed by atoms with van der Waals surface area (Å²) in [5.74, 6) is 0. The summed E-state index contributed by atoms with van der Waals surface area (Å²) in [7, 11) is -3.67. The molecule has 1 N–H and O–H groups in total. The third kappa shape index (κ3) is 3.35. The van der Waals surface area contributed by atoms with E-state index in [4.69, 9.17) is 23.2 Å². The lowest BCUT2D eigenvalue weighted by molar-refractivity contribution is 0.582. The summed E-state index contributed by atoms with van der Waals surface area (Å²) in [6.07, 6.45) is 0. The molecule has 0 aliphatic carbocycles. The van der Waals surface area contributed by atoms with Crippen molar-refractivity contribution in [3.05, 3.63) is 76.3 Å². The summed E-state index contributed by atoms with van der Waals surface area (Å²) in [6, 6.07) is 17.7. The monoisotopic (exact) mass is 365 g/mol.